The third-order valence-electron chi connectivity index (χ3n) is 3.63. The topological polar surface area (TPSA) is 46.5 Å². The van der Waals surface area contributed by atoms with Gasteiger partial charge < -0.3 is 9.84 Å². The van der Waals surface area contributed by atoms with Crippen LogP contribution < -0.4 is 4.74 Å². The molecule has 3 nitrogen and oxygen atoms in total. The largest absolute Gasteiger partial charge is 0.485 e. The van der Waals surface area contributed by atoms with Gasteiger partial charge in [-0.2, -0.15) is 0 Å². The second-order valence-corrected chi connectivity index (χ2v) is 5.31. The van der Waals surface area contributed by atoms with Gasteiger partial charge in [-0.3, -0.25) is 0 Å². The summed E-state index contributed by atoms with van der Waals surface area (Å²) in [7, 11) is 0. The van der Waals surface area contributed by atoms with E-state index in [0.29, 0.717) is 5.75 Å². The lowest BCUT2D eigenvalue weighted by Gasteiger charge is -2.20. The summed E-state index contributed by atoms with van der Waals surface area (Å²) in [5.41, 5.74) is 1.29. The van der Waals surface area contributed by atoms with Crippen LogP contribution in [0.1, 0.15) is 54.6 Å². The van der Waals surface area contributed by atoms with Crippen LogP contribution in [0.15, 0.2) is 54.6 Å². The van der Waals surface area contributed by atoms with Gasteiger partial charge in [-0.15, -0.1) is 0 Å². The Labute approximate surface area is 131 Å². The zero-order valence-electron chi connectivity index (χ0n) is 12.9. The highest BCUT2D eigenvalue weighted by Gasteiger charge is 2.17. The molecule has 0 fully saturated rings. The fraction of sp³-hybridized carbons (Fsp3) is 0.316. The molecule has 0 heterocycles. The lowest BCUT2D eigenvalue weighted by molar-refractivity contribution is 0.0688. The van der Waals surface area contributed by atoms with Crippen molar-refractivity contribution in [1.29, 1.82) is 0 Å². The number of rotatable bonds is 8. The Bertz CT molecular complexity index is 593. The van der Waals surface area contributed by atoms with Gasteiger partial charge in [0.2, 0.25) is 0 Å². The first-order valence-electron chi connectivity index (χ1n) is 7.76. The van der Waals surface area contributed by atoms with Gasteiger partial charge in [0.15, 0.2) is 0 Å². The molecule has 1 N–H and O–H groups in total. The van der Waals surface area contributed by atoms with E-state index in [-0.39, 0.29) is 11.7 Å². The van der Waals surface area contributed by atoms with Gasteiger partial charge in [0, 0.05) is 0 Å². The minimum Gasteiger partial charge on any atom is -0.485 e. The first-order chi connectivity index (χ1) is 10.7. The van der Waals surface area contributed by atoms with Gasteiger partial charge in [0.05, 0.1) is 0 Å². The number of benzene rings is 2. The summed E-state index contributed by atoms with van der Waals surface area (Å²) in [4.78, 5) is 11.3. The summed E-state index contributed by atoms with van der Waals surface area (Å²) in [5, 5.41) is 9.28. The number of hydrogen-bond donors (Lipinski definition) is 1. The van der Waals surface area contributed by atoms with Gasteiger partial charge in [0.1, 0.15) is 17.4 Å². The SMILES string of the molecule is CCCCCC(Oc1ccccc1C(=O)O)c1ccccc1. The Balaban J connectivity index is 2.21. The molecule has 0 radical (unpaired) electrons. The van der Waals surface area contributed by atoms with Crippen molar-refractivity contribution in [2.75, 3.05) is 0 Å². The van der Waals surface area contributed by atoms with Crippen LogP contribution in [0, 0.1) is 0 Å². The highest BCUT2D eigenvalue weighted by Crippen LogP contribution is 2.29. The van der Waals surface area contributed by atoms with E-state index in [0.717, 1.165) is 31.2 Å². The highest BCUT2D eigenvalue weighted by molar-refractivity contribution is 5.90. The fourth-order valence-electron chi connectivity index (χ4n) is 2.44. The van der Waals surface area contributed by atoms with E-state index in [4.69, 9.17) is 4.74 Å². The van der Waals surface area contributed by atoms with Crippen molar-refractivity contribution in [2.45, 2.75) is 38.7 Å². The second-order valence-electron chi connectivity index (χ2n) is 5.31. The number of unbranched alkanes of at least 4 members (excludes halogenated alkanes) is 2. The molecule has 3 heteroatoms. The fourth-order valence-corrected chi connectivity index (χ4v) is 2.44. The van der Waals surface area contributed by atoms with Crippen molar-refractivity contribution >= 4 is 5.97 Å². The van der Waals surface area contributed by atoms with Crippen molar-refractivity contribution in [3.63, 3.8) is 0 Å². The molecule has 0 aliphatic heterocycles. The Hall–Kier alpha value is -2.29. The number of hydrogen-bond acceptors (Lipinski definition) is 2. The number of carbonyl (C=O) groups is 1. The maximum Gasteiger partial charge on any atom is 0.339 e. The van der Waals surface area contributed by atoms with E-state index in [1.807, 2.05) is 30.3 Å². The van der Waals surface area contributed by atoms with Gasteiger partial charge in [-0.25, -0.2) is 4.79 Å². The third kappa shape index (κ3) is 4.35. The number of carboxylic acid groups (broad SMARTS) is 1. The standard InChI is InChI=1S/C19H22O3/c1-2-3-5-13-17(15-10-6-4-7-11-15)22-18-14-9-8-12-16(18)19(20)21/h4,6-12,14,17H,2-3,5,13H2,1H3,(H,20,21). The van der Waals surface area contributed by atoms with E-state index in [1.165, 1.54) is 0 Å². The normalized spacial score (nSPS) is 11.9. The molecule has 0 saturated carbocycles. The predicted octanol–water partition coefficient (Wildman–Crippen LogP) is 5.09. The Morgan fingerprint density at radius 3 is 2.41 bits per heavy atom. The van der Waals surface area contributed by atoms with Crippen LogP contribution in [0.25, 0.3) is 0 Å². The average Bonchev–Trinajstić information content (AvgIpc) is 2.55. The molecule has 0 aliphatic carbocycles. The number of para-hydroxylation sites is 1. The number of carboxylic acids is 1. The minimum absolute atomic E-state index is 0.117. The van der Waals surface area contributed by atoms with Crippen molar-refractivity contribution in [2.24, 2.45) is 0 Å². The smallest absolute Gasteiger partial charge is 0.339 e. The molecule has 1 unspecified atom stereocenters. The van der Waals surface area contributed by atoms with Crippen LogP contribution in [0.3, 0.4) is 0 Å². The van der Waals surface area contributed by atoms with Crippen molar-refractivity contribution < 1.29 is 14.6 Å². The number of ether oxygens (including phenoxy) is 1. The maximum atomic E-state index is 11.3. The predicted molar refractivity (Wildman–Crippen MR) is 87.4 cm³/mol. The summed E-state index contributed by atoms with van der Waals surface area (Å²) in [6.45, 7) is 2.16. The lowest BCUT2D eigenvalue weighted by Crippen LogP contribution is -2.10. The Morgan fingerprint density at radius 1 is 1.05 bits per heavy atom. The van der Waals surface area contributed by atoms with E-state index < -0.39 is 5.97 Å². The van der Waals surface area contributed by atoms with Crippen molar-refractivity contribution in [1.82, 2.24) is 0 Å². The summed E-state index contributed by atoms with van der Waals surface area (Å²) in [6.07, 6.45) is 4.12. The molecule has 116 valence electrons. The molecule has 0 amide bonds. The van der Waals surface area contributed by atoms with Crippen LogP contribution in [0.2, 0.25) is 0 Å². The summed E-state index contributed by atoms with van der Waals surface area (Å²) in [5.74, 6) is -0.531. The Kier molecular flexibility index (Phi) is 6.01. The highest BCUT2D eigenvalue weighted by atomic mass is 16.5. The van der Waals surface area contributed by atoms with Gasteiger partial charge in [-0.1, -0.05) is 62.2 Å². The van der Waals surface area contributed by atoms with E-state index in [9.17, 15) is 9.90 Å². The van der Waals surface area contributed by atoms with Crippen LogP contribution in [-0.4, -0.2) is 11.1 Å². The third-order valence-corrected chi connectivity index (χ3v) is 3.63. The summed E-state index contributed by atoms with van der Waals surface area (Å²) < 4.78 is 6.06. The molecule has 0 aromatic heterocycles. The van der Waals surface area contributed by atoms with E-state index in [1.54, 1.807) is 24.3 Å². The van der Waals surface area contributed by atoms with E-state index >= 15 is 0 Å². The second kappa shape index (κ2) is 8.23. The first kappa shape index (κ1) is 16.1. The van der Waals surface area contributed by atoms with Gasteiger partial charge >= 0.3 is 5.97 Å². The molecule has 2 rings (SSSR count). The summed E-state index contributed by atoms with van der Waals surface area (Å²) >= 11 is 0. The molecule has 0 bridgehead atoms. The molecular formula is C19H22O3. The van der Waals surface area contributed by atoms with Crippen molar-refractivity contribution in [3.8, 4) is 5.75 Å². The maximum absolute atomic E-state index is 11.3. The molecule has 0 spiro atoms. The zero-order chi connectivity index (χ0) is 15.8. The molecule has 22 heavy (non-hydrogen) atoms. The molecule has 1 atom stereocenters. The lowest BCUT2D eigenvalue weighted by atomic mass is 10.0. The van der Waals surface area contributed by atoms with Crippen molar-refractivity contribution in [3.05, 3.63) is 65.7 Å². The molecule has 0 saturated heterocycles. The van der Waals surface area contributed by atoms with Crippen LogP contribution in [-0.2, 0) is 0 Å². The van der Waals surface area contributed by atoms with Gasteiger partial charge in [-0.05, 0) is 30.5 Å². The first-order valence-corrected chi connectivity index (χ1v) is 7.76. The van der Waals surface area contributed by atoms with Crippen LogP contribution in [0.5, 0.6) is 5.75 Å². The van der Waals surface area contributed by atoms with Crippen LogP contribution >= 0.6 is 0 Å². The van der Waals surface area contributed by atoms with Gasteiger partial charge in [0.25, 0.3) is 0 Å². The number of aromatic carboxylic acids is 1. The minimum atomic E-state index is -0.962. The molecular weight excluding hydrogens is 276 g/mol. The summed E-state index contributed by atoms with van der Waals surface area (Å²) in [6, 6.07) is 16.8. The molecule has 0 aliphatic rings. The quantitative estimate of drug-likeness (QED) is 0.691. The average molecular weight is 298 g/mol. The Morgan fingerprint density at radius 2 is 1.73 bits per heavy atom. The zero-order valence-corrected chi connectivity index (χ0v) is 12.9. The molecule has 2 aromatic carbocycles. The van der Waals surface area contributed by atoms with E-state index in [2.05, 4.69) is 6.92 Å². The molecule has 2 aromatic rings. The van der Waals surface area contributed by atoms with Crippen LogP contribution in [0.4, 0.5) is 0 Å². The monoisotopic (exact) mass is 298 g/mol.